The number of hydrogen-bond acceptors (Lipinski definition) is 17. The van der Waals surface area contributed by atoms with Crippen molar-refractivity contribution in [2.75, 3.05) is 26.9 Å². The molecule has 0 unspecified atom stereocenters. The zero-order valence-electron chi connectivity index (χ0n) is 25.3. The first-order chi connectivity index (χ1) is 22.7. The second-order valence-electron chi connectivity index (χ2n) is 11.5. The highest BCUT2D eigenvalue weighted by molar-refractivity contribution is 7.46. The third-order valence-corrected chi connectivity index (χ3v) is 8.69. The van der Waals surface area contributed by atoms with Gasteiger partial charge in [0, 0.05) is 0 Å². The summed E-state index contributed by atoms with van der Waals surface area (Å²) >= 11 is 0. The molecule has 3 heterocycles. The number of rotatable bonds is 11. The molecule has 3 saturated heterocycles. The van der Waals surface area contributed by atoms with Crippen LogP contribution < -0.4 is 9.47 Å². The first-order valence-corrected chi connectivity index (χ1v) is 16.3. The van der Waals surface area contributed by atoms with E-state index in [1.54, 1.807) is 30.3 Å². The summed E-state index contributed by atoms with van der Waals surface area (Å²) in [5, 5.41) is 85.5. The van der Waals surface area contributed by atoms with Crippen LogP contribution in [0.5, 0.6) is 11.5 Å². The molecule has 0 saturated carbocycles. The lowest BCUT2D eigenvalue weighted by atomic mass is 9.96. The van der Waals surface area contributed by atoms with Crippen LogP contribution in [0.1, 0.15) is 0 Å². The van der Waals surface area contributed by atoms with Gasteiger partial charge in [-0.3, -0.25) is 4.52 Å². The normalized spacial score (nSPS) is 39.3. The molecule has 0 amide bonds. The Kier molecular flexibility index (Phi) is 11.9. The lowest BCUT2D eigenvalue weighted by Gasteiger charge is -2.47. The maximum atomic E-state index is 11.4. The van der Waals surface area contributed by atoms with Crippen LogP contribution in [0, 0.1) is 0 Å². The molecule has 2 aromatic carbocycles. The lowest BCUT2D eigenvalue weighted by Crippen LogP contribution is -2.66. The molecule has 0 aliphatic carbocycles. The van der Waals surface area contributed by atoms with E-state index in [-0.39, 0.29) is 0 Å². The molecule has 270 valence electrons. The molecule has 0 radical (unpaired) electrons. The van der Waals surface area contributed by atoms with Gasteiger partial charge in [-0.25, -0.2) is 4.57 Å². The molecular formula is C28H39O19P. The molecule has 3 fully saturated rings. The van der Waals surface area contributed by atoms with Crippen LogP contribution in [0.2, 0.25) is 0 Å². The fraction of sp³-hybridized carbons (Fsp3) is 0.643. The molecule has 19 nitrogen and oxygen atoms in total. The molecule has 2 aromatic rings. The van der Waals surface area contributed by atoms with E-state index in [9.17, 15) is 55.2 Å². The van der Waals surface area contributed by atoms with E-state index >= 15 is 0 Å². The van der Waals surface area contributed by atoms with Crippen LogP contribution in [0.15, 0.2) is 36.4 Å². The fourth-order valence-electron chi connectivity index (χ4n) is 5.52. The number of phosphoric ester groups is 1. The van der Waals surface area contributed by atoms with Crippen molar-refractivity contribution < 1.29 is 92.9 Å². The van der Waals surface area contributed by atoms with Gasteiger partial charge in [0.2, 0.25) is 6.29 Å². The molecule has 3 aliphatic heterocycles. The van der Waals surface area contributed by atoms with Crippen molar-refractivity contribution in [2.45, 2.75) is 86.0 Å². The van der Waals surface area contributed by atoms with Gasteiger partial charge in [0.05, 0.1) is 26.9 Å². The van der Waals surface area contributed by atoms with E-state index in [0.717, 1.165) is 10.8 Å². The topological polar surface area (TPSA) is 293 Å². The predicted molar refractivity (Wildman–Crippen MR) is 155 cm³/mol. The number of aliphatic hydroxyl groups excluding tert-OH is 8. The SMILES string of the molecule is COc1ccc2ccc(O[C@@H]3OC[C@@H](O[C@@H]4O[C@H](COP(=O)(O)O)[C@H](O)[C@H](O[C@@H]5O[C@H](CO)[C@H](O)[C@H](O)[C@H]5O)[C@H]4O)[C@H](O)[C@H]3O)cc2c1. The molecule has 0 bridgehead atoms. The maximum absolute atomic E-state index is 11.4. The minimum atomic E-state index is -5.09. The van der Waals surface area contributed by atoms with E-state index in [0.29, 0.717) is 11.5 Å². The first-order valence-electron chi connectivity index (χ1n) is 14.8. The van der Waals surface area contributed by atoms with E-state index in [1.165, 1.54) is 7.11 Å². The van der Waals surface area contributed by atoms with Gasteiger partial charge in [0.1, 0.15) is 78.6 Å². The third kappa shape index (κ3) is 8.26. The van der Waals surface area contributed by atoms with Crippen molar-refractivity contribution >= 4 is 18.6 Å². The highest BCUT2D eigenvalue weighted by Gasteiger charge is 2.53. The van der Waals surface area contributed by atoms with Crippen molar-refractivity contribution in [2.24, 2.45) is 0 Å². The molecule has 0 spiro atoms. The zero-order chi connectivity index (χ0) is 34.9. The van der Waals surface area contributed by atoms with Crippen LogP contribution in [0.3, 0.4) is 0 Å². The van der Waals surface area contributed by atoms with E-state index in [2.05, 4.69) is 4.52 Å². The van der Waals surface area contributed by atoms with E-state index in [1.807, 2.05) is 6.07 Å². The van der Waals surface area contributed by atoms with Gasteiger partial charge in [0.15, 0.2) is 12.6 Å². The van der Waals surface area contributed by atoms with Gasteiger partial charge < -0.3 is 83.8 Å². The van der Waals surface area contributed by atoms with Gasteiger partial charge in [-0.15, -0.1) is 0 Å². The van der Waals surface area contributed by atoms with Crippen molar-refractivity contribution in [1.82, 2.24) is 0 Å². The van der Waals surface area contributed by atoms with Gasteiger partial charge in [-0.2, -0.15) is 0 Å². The predicted octanol–water partition coefficient (Wildman–Crippen LogP) is -3.57. The van der Waals surface area contributed by atoms with E-state index < -0.39 is 114 Å². The summed E-state index contributed by atoms with van der Waals surface area (Å²) in [5.74, 6) is 0.910. The monoisotopic (exact) mass is 710 g/mol. The molecule has 3 aliphatic rings. The van der Waals surface area contributed by atoms with Crippen LogP contribution >= 0.6 is 7.82 Å². The average molecular weight is 711 g/mol. The highest BCUT2D eigenvalue weighted by Crippen LogP contribution is 2.38. The third-order valence-electron chi connectivity index (χ3n) is 8.20. The van der Waals surface area contributed by atoms with E-state index in [4.69, 9.17) is 33.2 Å². The second kappa shape index (κ2) is 15.4. The molecular weight excluding hydrogens is 671 g/mol. The molecule has 14 atom stereocenters. The van der Waals surface area contributed by atoms with Gasteiger partial charge in [-0.1, -0.05) is 12.1 Å². The van der Waals surface area contributed by atoms with Gasteiger partial charge in [-0.05, 0) is 35.0 Å². The average Bonchev–Trinajstić information content (AvgIpc) is 3.06. The van der Waals surface area contributed by atoms with Crippen LogP contribution in [0.4, 0.5) is 0 Å². The summed E-state index contributed by atoms with van der Waals surface area (Å²) in [7, 11) is -3.57. The molecule has 10 N–H and O–H groups in total. The number of aliphatic hydroxyl groups is 8. The summed E-state index contributed by atoms with van der Waals surface area (Å²) in [6.07, 6.45) is -24.3. The minimum Gasteiger partial charge on any atom is -0.497 e. The summed E-state index contributed by atoms with van der Waals surface area (Å²) in [6, 6.07) is 10.5. The van der Waals surface area contributed by atoms with Gasteiger partial charge in [0.25, 0.3) is 0 Å². The van der Waals surface area contributed by atoms with Crippen LogP contribution in [-0.4, -0.2) is 164 Å². The van der Waals surface area contributed by atoms with Crippen molar-refractivity contribution in [3.63, 3.8) is 0 Å². The number of methoxy groups -OCH3 is 1. The molecule has 5 rings (SSSR count). The Balaban J connectivity index is 1.28. The maximum Gasteiger partial charge on any atom is 0.469 e. The largest absolute Gasteiger partial charge is 0.497 e. The van der Waals surface area contributed by atoms with Crippen molar-refractivity contribution in [3.8, 4) is 11.5 Å². The Labute approximate surface area is 272 Å². The summed E-state index contributed by atoms with van der Waals surface area (Å²) in [6.45, 7) is -2.20. The minimum absolute atomic E-state index is 0.299. The molecule has 0 aromatic heterocycles. The quantitative estimate of drug-likeness (QED) is 0.101. The zero-order valence-corrected chi connectivity index (χ0v) is 26.2. The van der Waals surface area contributed by atoms with Crippen LogP contribution in [0.25, 0.3) is 10.8 Å². The van der Waals surface area contributed by atoms with Crippen LogP contribution in [-0.2, 0) is 32.8 Å². The summed E-state index contributed by atoms with van der Waals surface area (Å²) in [4.78, 5) is 18.3. The summed E-state index contributed by atoms with van der Waals surface area (Å²) < 4.78 is 54.5. The Hall–Kier alpha value is -2.11. The number of phosphoric acid groups is 1. The molecule has 48 heavy (non-hydrogen) atoms. The number of ether oxygens (including phenoxy) is 7. The van der Waals surface area contributed by atoms with Crippen molar-refractivity contribution in [3.05, 3.63) is 36.4 Å². The number of fused-ring (bicyclic) bond motifs is 1. The Morgan fingerprint density at radius 3 is 2.02 bits per heavy atom. The van der Waals surface area contributed by atoms with Gasteiger partial charge >= 0.3 is 7.82 Å². The standard InChI is InChI=1S/C28H39O19P/c1-40-13-4-2-11-3-5-14(7-12(11)6-13)43-26-22(34)19(31)16(9-41-26)45-28-24(36)25(20(32)17(46-28)10-42-48(37,38)39)47-27-23(35)21(33)18(30)15(8-29)44-27/h2-7,15-36H,8-10H2,1H3,(H2,37,38,39)/t15-,16-,17-,18+,19+,20+,21+,22-,23-,24-,25+,26+,27+,28-/m1/s1. The lowest BCUT2D eigenvalue weighted by molar-refractivity contribution is -0.371. The number of hydrogen-bond donors (Lipinski definition) is 10. The Bertz CT molecular complexity index is 1410. The first kappa shape index (κ1) is 37.2. The molecule has 20 heteroatoms. The highest BCUT2D eigenvalue weighted by atomic mass is 31.2. The second-order valence-corrected chi connectivity index (χ2v) is 12.7. The van der Waals surface area contributed by atoms with Crippen molar-refractivity contribution in [1.29, 1.82) is 0 Å². The Morgan fingerprint density at radius 1 is 0.729 bits per heavy atom. The summed E-state index contributed by atoms with van der Waals surface area (Å²) in [5.41, 5.74) is 0. The smallest absolute Gasteiger partial charge is 0.469 e. The Morgan fingerprint density at radius 2 is 1.35 bits per heavy atom. The fourth-order valence-corrected chi connectivity index (χ4v) is 5.86. The number of benzene rings is 2.